The Morgan fingerprint density at radius 2 is 1.64 bits per heavy atom. The van der Waals surface area contributed by atoms with Gasteiger partial charge >= 0.3 is 5.97 Å². The van der Waals surface area contributed by atoms with Crippen molar-refractivity contribution in [1.82, 2.24) is 10.2 Å². The van der Waals surface area contributed by atoms with E-state index < -0.39 is 18.1 Å². The van der Waals surface area contributed by atoms with E-state index in [4.69, 9.17) is 9.47 Å². The quantitative estimate of drug-likeness (QED) is 0.281. The van der Waals surface area contributed by atoms with Crippen LogP contribution >= 0.6 is 0 Å². The van der Waals surface area contributed by atoms with Gasteiger partial charge in [-0.1, -0.05) is 84.8 Å². The molecular weight excluding hydrogens is 456 g/mol. The molecule has 0 aromatic heterocycles. The summed E-state index contributed by atoms with van der Waals surface area (Å²) in [5, 5.41) is 2.75. The van der Waals surface area contributed by atoms with Crippen molar-refractivity contribution in [3.8, 4) is 5.75 Å². The number of carbonyl (C=O) groups is 3. The fourth-order valence-corrected chi connectivity index (χ4v) is 4.34. The van der Waals surface area contributed by atoms with E-state index in [0.717, 1.165) is 19.3 Å². The van der Waals surface area contributed by atoms with E-state index in [1.54, 1.807) is 6.92 Å². The van der Waals surface area contributed by atoms with Crippen molar-refractivity contribution >= 4 is 17.8 Å². The van der Waals surface area contributed by atoms with Crippen LogP contribution in [-0.2, 0) is 24.5 Å². The van der Waals surface area contributed by atoms with Crippen LogP contribution in [-0.4, -0.2) is 54.5 Å². The van der Waals surface area contributed by atoms with Crippen molar-refractivity contribution in [1.29, 1.82) is 0 Å². The number of hydrogen-bond acceptors (Lipinski definition) is 5. The molecule has 7 nitrogen and oxygen atoms in total. The van der Waals surface area contributed by atoms with Gasteiger partial charge in [-0.2, -0.15) is 0 Å². The highest BCUT2D eigenvalue weighted by atomic mass is 16.5. The SMILES string of the molecule is CCCCCCCCCCOC(=O)CC1C(=O)NCCN1C(=O)C(C)Oc1ccc(C(C)(C)C)cc1. The summed E-state index contributed by atoms with van der Waals surface area (Å²) in [6, 6.07) is 6.81. The van der Waals surface area contributed by atoms with Crippen LogP contribution in [0.3, 0.4) is 0 Å². The summed E-state index contributed by atoms with van der Waals surface area (Å²) in [4.78, 5) is 39.6. The first kappa shape index (κ1) is 29.7. The Hall–Kier alpha value is -2.57. The first-order chi connectivity index (χ1) is 17.1. The maximum atomic E-state index is 13.2. The Kier molecular flexibility index (Phi) is 12.2. The molecule has 0 saturated carbocycles. The Bertz CT molecular complexity index is 831. The lowest BCUT2D eigenvalue weighted by Gasteiger charge is -2.36. The van der Waals surface area contributed by atoms with Crippen LogP contribution in [0.15, 0.2) is 24.3 Å². The second kappa shape index (κ2) is 14.9. The van der Waals surface area contributed by atoms with Gasteiger partial charge in [0.05, 0.1) is 13.0 Å². The highest BCUT2D eigenvalue weighted by Crippen LogP contribution is 2.25. The number of hydrogen-bond donors (Lipinski definition) is 1. The summed E-state index contributed by atoms with van der Waals surface area (Å²) in [6.45, 7) is 11.3. The molecule has 2 amide bonds. The van der Waals surface area contributed by atoms with Gasteiger partial charge in [-0.05, 0) is 36.5 Å². The second-order valence-corrected chi connectivity index (χ2v) is 10.8. The number of carbonyl (C=O) groups excluding carboxylic acids is 3. The lowest BCUT2D eigenvalue weighted by Crippen LogP contribution is -2.60. The van der Waals surface area contributed by atoms with Gasteiger partial charge < -0.3 is 19.7 Å². The summed E-state index contributed by atoms with van der Waals surface area (Å²) in [7, 11) is 0. The van der Waals surface area contributed by atoms with Crippen LogP contribution in [0.2, 0.25) is 0 Å². The van der Waals surface area contributed by atoms with E-state index >= 15 is 0 Å². The Morgan fingerprint density at radius 3 is 2.25 bits per heavy atom. The summed E-state index contributed by atoms with van der Waals surface area (Å²) in [5.41, 5.74) is 1.20. The van der Waals surface area contributed by atoms with Crippen LogP contribution in [0.25, 0.3) is 0 Å². The number of amides is 2. The smallest absolute Gasteiger partial charge is 0.308 e. The molecule has 1 aliphatic heterocycles. The highest BCUT2D eigenvalue weighted by Gasteiger charge is 2.37. The molecule has 2 atom stereocenters. The predicted molar refractivity (Wildman–Crippen MR) is 142 cm³/mol. The van der Waals surface area contributed by atoms with E-state index in [9.17, 15) is 14.4 Å². The van der Waals surface area contributed by atoms with Gasteiger partial charge in [0.1, 0.15) is 11.8 Å². The molecule has 0 aliphatic carbocycles. The van der Waals surface area contributed by atoms with E-state index in [1.807, 2.05) is 24.3 Å². The van der Waals surface area contributed by atoms with E-state index in [2.05, 4.69) is 33.0 Å². The molecule has 2 unspecified atom stereocenters. The normalized spacial score (nSPS) is 16.9. The average molecular weight is 503 g/mol. The van der Waals surface area contributed by atoms with Crippen molar-refractivity contribution in [3.05, 3.63) is 29.8 Å². The largest absolute Gasteiger partial charge is 0.481 e. The summed E-state index contributed by atoms with van der Waals surface area (Å²) < 4.78 is 11.3. The summed E-state index contributed by atoms with van der Waals surface area (Å²) in [6.07, 6.45) is 8.36. The molecule has 2 rings (SSSR count). The zero-order valence-electron chi connectivity index (χ0n) is 22.9. The molecule has 1 aromatic rings. The van der Waals surface area contributed by atoms with Gasteiger partial charge in [0.15, 0.2) is 6.10 Å². The predicted octanol–water partition coefficient (Wildman–Crippen LogP) is 5.15. The van der Waals surface area contributed by atoms with Gasteiger partial charge in [-0.25, -0.2) is 0 Å². The zero-order chi connectivity index (χ0) is 26.6. The molecule has 36 heavy (non-hydrogen) atoms. The Labute approximate surface area is 217 Å². The molecule has 0 bridgehead atoms. The van der Waals surface area contributed by atoms with E-state index in [1.165, 1.54) is 42.6 Å². The average Bonchev–Trinajstić information content (AvgIpc) is 2.83. The molecule has 1 saturated heterocycles. The summed E-state index contributed by atoms with van der Waals surface area (Å²) >= 11 is 0. The molecule has 0 radical (unpaired) electrons. The van der Waals surface area contributed by atoms with Gasteiger partial charge in [0, 0.05) is 13.1 Å². The molecule has 1 N–H and O–H groups in total. The molecule has 0 spiro atoms. The van der Waals surface area contributed by atoms with Crippen molar-refractivity contribution in [2.24, 2.45) is 0 Å². The van der Waals surface area contributed by atoms with Crippen LogP contribution in [0.1, 0.15) is 98.0 Å². The maximum absolute atomic E-state index is 13.2. The summed E-state index contributed by atoms with van der Waals surface area (Å²) in [5.74, 6) is -0.512. The van der Waals surface area contributed by atoms with Crippen LogP contribution in [0.4, 0.5) is 0 Å². The number of rotatable bonds is 14. The topological polar surface area (TPSA) is 84.9 Å². The molecule has 1 heterocycles. The number of piperazine rings is 1. The standard InChI is InChI=1S/C29H46N2O5/c1-6-7-8-9-10-11-12-13-20-35-26(32)21-25-27(33)30-18-19-31(25)28(34)22(2)36-24-16-14-23(15-17-24)29(3,4)5/h14-17,22,25H,6-13,18-21H2,1-5H3,(H,30,33). The minimum atomic E-state index is -0.883. The van der Waals surface area contributed by atoms with Crippen LogP contribution < -0.4 is 10.1 Å². The van der Waals surface area contributed by atoms with Crippen LogP contribution in [0.5, 0.6) is 5.75 Å². The van der Waals surface area contributed by atoms with Gasteiger partial charge in [0.25, 0.3) is 5.91 Å². The zero-order valence-corrected chi connectivity index (χ0v) is 22.9. The van der Waals surface area contributed by atoms with Gasteiger partial charge in [-0.15, -0.1) is 0 Å². The number of benzene rings is 1. The van der Waals surface area contributed by atoms with Crippen molar-refractivity contribution in [3.63, 3.8) is 0 Å². The molecule has 202 valence electrons. The van der Waals surface area contributed by atoms with Crippen LogP contribution in [0, 0.1) is 0 Å². The minimum absolute atomic E-state index is 0.0250. The first-order valence-corrected chi connectivity index (χ1v) is 13.6. The lowest BCUT2D eigenvalue weighted by molar-refractivity contribution is -0.154. The van der Waals surface area contributed by atoms with E-state index in [-0.39, 0.29) is 23.7 Å². The second-order valence-electron chi connectivity index (χ2n) is 10.8. The maximum Gasteiger partial charge on any atom is 0.308 e. The fourth-order valence-electron chi connectivity index (χ4n) is 4.34. The third-order valence-electron chi connectivity index (χ3n) is 6.62. The van der Waals surface area contributed by atoms with Crippen molar-refractivity contribution in [2.75, 3.05) is 19.7 Å². The van der Waals surface area contributed by atoms with Gasteiger partial charge in [-0.3, -0.25) is 14.4 Å². The van der Waals surface area contributed by atoms with Gasteiger partial charge in [0.2, 0.25) is 5.91 Å². The Balaban J connectivity index is 1.82. The molecule has 7 heteroatoms. The third-order valence-corrected chi connectivity index (χ3v) is 6.62. The molecule has 1 aromatic carbocycles. The van der Waals surface area contributed by atoms with Crippen molar-refractivity contribution < 1.29 is 23.9 Å². The number of ether oxygens (including phenoxy) is 2. The minimum Gasteiger partial charge on any atom is -0.481 e. The number of esters is 1. The molecular formula is C29H46N2O5. The number of unbranched alkanes of at least 4 members (excludes halogenated alkanes) is 7. The molecule has 1 fully saturated rings. The third kappa shape index (κ3) is 9.82. The Morgan fingerprint density at radius 1 is 1.03 bits per heavy atom. The monoisotopic (exact) mass is 502 g/mol. The first-order valence-electron chi connectivity index (χ1n) is 13.6. The lowest BCUT2D eigenvalue weighted by atomic mass is 9.87. The fraction of sp³-hybridized carbons (Fsp3) is 0.690. The highest BCUT2D eigenvalue weighted by molar-refractivity contribution is 5.93. The van der Waals surface area contributed by atoms with E-state index in [0.29, 0.717) is 25.4 Å². The van der Waals surface area contributed by atoms with Crippen molar-refractivity contribution in [2.45, 2.75) is 110 Å². The number of nitrogens with zero attached hydrogens (tertiary/aromatic N) is 1. The number of nitrogens with one attached hydrogen (secondary N) is 1. The molecule has 1 aliphatic rings.